The Labute approximate surface area is 126 Å². The highest BCUT2D eigenvalue weighted by Gasteiger charge is 2.60. The molecule has 8 heteroatoms. The van der Waals surface area contributed by atoms with Crippen molar-refractivity contribution in [1.29, 1.82) is 0 Å². The molecule has 0 amide bonds. The second-order valence-corrected chi connectivity index (χ2v) is 5.42. The molecule has 0 aromatic heterocycles. The molecule has 0 aromatic carbocycles. The van der Waals surface area contributed by atoms with Crippen LogP contribution >= 0.6 is 0 Å². The van der Waals surface area contributed by atoms with E-state index in [4.69, 9.17) is 9.47 Å². The molecule has 2 fully saturated rings. The van der Waals surface area contributed by atoms with E-state index < -0.39 is 42.2 Å². The molecule has 1 aliphatic heterocycles. The van der Waals surface area contributed by atoms with Crippen LogP contribution in [0.4, 0.5) is 0 Å². The van der Waals surface area contributed by atoms with Gasteiger partial charge in [-0.1, -0.05) is 6.58 Å². The molecule has 8 nitrogen and oxygen atoms in total. The summed E-state index contributed by atoms with van der Waals surface area (Å²) in [7, 11) is 0. The zero-order valence-corrected chi connectivity index (χ0v) is 12.0. The number of esters is 3. The number of carboxylic acid groups (broad SMARTS) is 1. The molecule has 0 aromatic rings. The number of rotatable bonds is 5. The van der Waals surface area contributed by atoms with Gasteiger partial charge in [0.15, 0.2) is 12.7 Å². The van der Waals surface area contributed by atoms with Crippen LogP contribution in [0, 0.1) is 5.92 Å². The van der Waals surface area contributed by atoms with Crippen LogP contribution < -0.4 is 0 Å². The summed E-state index contributed by atoms with van der Waals surface area (Å²) >= 11 is 0. The van der Waals surface area contributed by atoms with Crippen molar-refractivity contribution >= 4 is 23.9 Å². The standard InChI is InChI=1S/C14H16O8/c1-7(2)11(16)20-6-10(15)22-14(13(18)19)4-3-8-5-9(14)21-12(8)17/h8-9H,1,3-6H2,2H3,(H,18,19). The van der Waals surface area contributed by atoms with Gasteiger partial charge in [0.2, 0.25) is 5.60 Å². The lowest BCUT2D eigenvalue weighted by Gasteiger charge is -2.35. The fourth-order valence-corrected chi connectivity index (χ4v) is 2.60. The Morgan fingerprint density at radius 3 is 2.73 bits per heavy atom. The average Bonchev–Trinajstić information content (AvgIpc) is 2.76. The van der Waals surface area contributed by atoms with Gasteiger partial charge in [-0.05, 0) is 13.3 Å². The molecule has 1 saturated heterocycles. The second-order valence-electron chi connectivity index (χ2n) is 5.42. The van der Waals surface area contributed by atoms with E-state index in [1.165, 1.54) is 6.92 Å². The Balaban J connectivity index is 2.05. The quantitative estimate of drug-likeness (QED) is 0.434. The number of fused-ring (bicyclic) bond motifs is 2. The van der Waals surface area contributed by atoms with Crippen LogP contribution in [-0.4, -0.2) is 47.3 Å². The van der Waals surface area contributed by atoms with Gasteiger partial charge in [0.1, 0.15) is 0 Å². The predicted octanol–water partition coefficient (Wildman–Crippen LogP) is 0.198. The van der Waals surface area contributed by atoms with E-state index in [1.54, 1.807) is 0 Å². The topological polar surface area (TPSA) is 116 Å². The number of aliphatic carboxylic acids is 1. The molecular weight excluding hydrogens is 296 g/mol. The van der Waals surface area contributed by atoms with Crippen molar-refractivity contribution in [2.75, 3.05) is 6.61 Å². The normalized spacial score (nSPS) is 29.4. The lowest BCUT2D eigenvalue weighted by molar-refractivity contribution is -0.199. The zero-order chi connectivity index (χ0) is 16.5. The maximum atomic E-state index is 11.8. The third-order valence-corrected chi connectivity index (χ3v) is 3.80. The number of hydrogen-bond acceptors (Lipinski definition) is 7. The highest BCUT2D eigenvalue weighted by Crippen LogP contribution is 2.43. The fraction of sp³-hybridized carbons (Fsp3) is 0.571. The third kappa shape index (κ3) is 2.81. The van der Waals surface area contributed by atoms with Gasteiger partial charge < -0.3 is 19.3 Å². The first kappa shape index (κ1) is 16.0. The molecule has 3 atom stereocenters. The Kier molecular flexibility index (Phi) is 4.20. The Morgan fingerprint density at radius 1 is 1.45 bits per heavy atom. The van der Waals surface area contributed by atoms with Crippen LogP contribution in [0.15, 0.2) is 12.2 Å². The SMILES string of the molecule is C=C(C)C(=O)OCC(=O)OC1(C(=O)O)CCC2CC1OC2=O. The first-order chi connectivity index (χ1) is 10.3. The van der Waals surface area contributed by atoms with Gasteiger partial charge in [0, 0.05) is 18.4 Å². The summed E-state index contributed by atoms with van der Waals surface area (Å²) < 4.78 is 14.7. The molecule has 22 heavy (non-hydrogen) atoms. The van der Waals surface area contributed by atoms with Crippen molar-refractivity contribution in [3.8, 4) is 0 Å². The van der Waals surface area contributed by atoms with Gasteiger partial charge in [-0.3, -0.25) is 4.79 Å². The molecule has 2 bridgehead atoms. The monoisotopic (exact) mass is 312 g/mol. The molecule has 1 aliphatic carbocycles. The van der Waals surface area contributed by atoms with Crippen molar-refractivity contribution < 1.29 is 38.5 Å². The van der Waals surface area contributed by atoms with Crippen molar-refractivity contribution in [2.45, 2.75) is 37.9 Å². The molecule has 2 aliphatic rings. The third-order valence-electron chi connectivity index (χ3n) is 3.80. The van der Waals surface area contributed by atoms with Gasteiger partial charge in [-0.2, -0.15) is 0 Å². The van der Waals surface area contributed by atoms with Crippen molar-refractivity contribution in [3.63, 3.8) is 0 Å². The van der Waals surface area contributed by atoms with E-state index in [0.717, 1.165) is 0 Å². The van der Waals surface area contributed by atoms with Crippen molar-refractivity contribution in [2.24, 2.45) is 5.92 Å². The maximum Gasteiger partial charge on any atom is 0.352 e. The lowest BCUT2D eigenvalue weighted by Crippen LogP contribution is -2.54. The molecule has 2 rings (SSSR count). The number of carbonyl (C=O) groups is 4. The van der Waals surface area contributed by atoms with E-state index in [1.807, 2.05) is 0 Å². The number of carbonyl (C=O) groups excluding carboxylic acids is 3. The summed E-state index contributed by atoms with van der Waals surface area (Å²) in [5, 5.41) is 9.42. The second kappa shape index (κ2) is 5.78. The minimum absolute atomic E-state index is 0.0242. The molecule has 0 radical (unpaired) electrons. The van der Waals surface area contributed by atoms with Crippen LogP contribution in [0.25, 0.3) is 0 Å². The summed E-state index contributed by atoms with van der Waals surface area (Å²) in [6.45, 7) is 4.03. The largest absolute Gasteiger partial charge is 0.478 e. The van der Waals surface area contributed by atoms with Crippen LogP contribution in [0.5, 0.6) is 0 Å². The number of carboxylic acids is 1. The Hall–Kier alpha value is -2.38. The predicted molar refractivity (Wildman–Crippen MR) is 69.5 cm³/mol. The molecule has 3 unspecified atom stereocenters. The average molecular weight is 312 g/mol. The Bertz CT molecular complexity index is 551. The summed E-state index contributed by atoms with van der Waals surface area (Å²) in [6.07, 6.45) is -0.578. The van der Waals surface area contributed by atoms with E-state index in [0.29, 0.717) is 0 Å². The zero-order valence-electron chi connectivity index (χ0n) is 12.0. The van der Waals surface area contributed by atoms with Gasteiger partial charge in [0.25, 0.3) is 0 Å². The van der Waals surface area contributed by atoms with Crippen molar-refractivity contribution in [1.82, 2.24) is 0 Å². The van der Waals surface area contributed by atoms with E-state index >= 15 is 0 Å². The Morgan fingerprint density at radius 2 is 2.14 bits per heavy atom. The van der Waals surface area contributed by atoms with Crippen LogP contribution in [0.2, 0.25) is 0 Å². The maximum absolute atomic E-state index is 11.8. The lowest BCUT2D eigenvalue weighted by atomic mass is 9.78. The van der Waals surface area contributed by atoms with Crippen molar-refractivity contribution in [3.05, 3.63) is 12.2 Å². The summed E-state index contributed by atoms with van der Waals surface area (Å²) in [6, 6.07) is 0. The highest BCUT2D eigenvalue weighted by atomic mass is 16.6. The first-order valence-electron chi connectivity index (χ1n) is 6.74. The van der Waals surface area contributed by atoms with Gasteiger partial charge in [-0.15, -0.1) is 0 Å². The van der Waals surface area contributed by atoms with E-state index in [-0.39, 0.29) is 30.8 Å². The minimum atomic E-state index is -1.92. The number of hydrogen-bond donors (Lipinski definition) is 1. The molecule has 1 N–H and O–H groups in total. The van der Waals surface area contributed by atoms with E-state index in [2.05, 4.69) is 11.3 Å². The summed E-state index contributed by atoms with van der Waals surface area (Å²) in [4.78, 5) is 46.0. The first-order valence-corrected chi connectivity index (χ1v) is 6.74. The number of ether oxygens (including phenoxy) is 3. The molecule has 1 saturated carbocycles. The highest BCUT2D eigenvalue weighted by molar-refractivity contribution is 5.89. The molecule has 0 spiro atoms. The smallest absolute Gasteiger partial charge is 0.352 e. The minimum Gasteiger partial charge on any atom is -0.478 e. The molecule has 1 heterocycles. The molecule has 120 valence electrons. The summed E-state index contributed by atoms with van der Waals surface area (Å²) in [5.41, 5.74) is -1.82. The van der Waals surface area contributed by atoms with Gasteiger partial charge in [0.05, 0.1) is 5.92 Å². The van der Waals surface area contributed by atoms with E-state index in [9.17, 15) is 24.3 Å². The van der Waals surface area contributed by atoms with Crippen LogP contribution in [0.3, 0.4) is 0 Å². The molecular formula is C14H16O8. The van der Waals surface area contributed by atoms with Gasteiger partial charge >= 0.3 is 23.9 Å². The van der Waals surface area contributed by atoms with Gasteiger partial charge in [-0.25, -0.2) is 14.4 Å². The van der Waals surface area contributed by atoms with Crippen LogP contribution in [0.1, 0.15) is 26.2 Å². The summed E-state index contributed by atoms with van der Waals surface area (Å²) in [5.74, 6) is -4.00. The fourth-order valence-electron chi connectivity index (χ4n) is 2.60. The van der Waals surface area contributed by atoms with Crippen LogP contribution in [-0.2, 0) is 33.4 Å².